The Kier molecular flexibility index (Phi) is 8.50. The third-order valence-corrected chi connectivity index (χ3v) is 4.53. The van der Waals surface area contributed by atoms with Crippen LogP contribution in [0.2, 0.25) is 0 Å². The predicted octanol–water partition coefficient (Wildman–Crippen LogP) is 3.46. The van der Waals surface area contributed by atoms with Crippen molar-refractivity contribution < 1.29 is 23.9 Å². The summed E-state index contributed by atoms with van der Waals surface area (Å²) in [7, 11) is 0. The van der Waals surface area contributed by atoms with Crippen LogP contribution in [0.4, 0.5) is 16.2 Å². The number of rotatable bonds is 7. The minimum absolute atomic E-state index is 0.0542. The van der Waals surface area contributed by atoms with E-state index in [1.165, 1.54) is 26.2 Å². The van der Waals surface area contributed by atoms with Crippen molar-refractivity contribution in [1.82, 2.24) is 5.32 Å². The van der Waals surface area contributed by atoms with Crippen LogP contribution in [0.3, 0.4) is 0 Å². The number of alkyl carbamates (subject to hydrolysis) is 1. The lowest BCUT2D eigenvalue weighted by atomic mass is 10.1. The van der Waals surface area contributed by atoms with E-state index in [0.717, 1.165) is 18.8 Å². The molecule has 0 saturated carbocycles. The Morgan fingerprint density at radius 1 is 1.07 bits per heavy atom. The molecule has 1 saturated heterocycles. The first-order valence-corrected chi connectivity index (χ1v) is 10.5. The molecule has 2 rings (SSSR count). The van der Waals surface area contributed by atoms with Crippen LogP contribution in [-0.2, 0) is 19.1 Å². The minimum Gasteiger partial charge on any atom is -0.452 e. The van der Waals surface area contributed by atoms with Crippen LogP contribution in [0, 0.1) is 0 Å². The summed E-state index contributed by atoms with van der Waals surface area (Å²) >= 11 is 0. The molecular weight excluding hydrogens is 386 g/mol. The molecule has 0 unspecified atom stereocenters. The molecule has 8 nitrogen and oxygen atoms in total. The highest BCUT2D eigenvalue weighted by Crippen LogP contribution is 2.22. The highest BCUT2D eigenvalue weighted by Gasteiger charge is 2.19. The Bertz CT molecular complexity index is 721. The fraction of sp³-hybridized carbons (Fsp3) is 0.591. The second kappa shape index (κ2) is 10.8. The Balaban J connectivity index is 1.72. The van der Waals surface area contributed by atoms with E-state index < -0.39 is 29.7 Å². The van der Waals surface area contributed by atoms with Crippen LogP contribution in [0.15, 0.2) is 24.3 Å². The van der Waals surface area contributed by atoms with E-state index in [1.807, 2.05) is 24.3 Å². The number of nitrogens with zero attached hydrogens (tertiary/aromatic N) is 1. The van der Waals surface area contributed by atoms with Crippen molar-refractivity contribution in [3.63, 3.8) is 0 Å². The molecule has 1 fully saturated rings. The Morgan fingerprint density at radius 3 is 2.30 bits per heavy atom. The monoisotopic (exact) mass is 419 g/mol. The zero-order valence-electron chi connectivity index (χ0n) is 18.3. The van der Waals surface area contributed by atoms with Gasteiger partial charge in [0.15, 0.2) is 6.10 Å². The van der Waals surface area contributed by atoms with Gasteiger partial charge in [-0.05, 0) is 71.2 Å². The lowest BCUT2D eigenvalue weighted by Crippen LogP contribution is -2.35. The summed E-state index contributed by atoms with van der Waals surface area (Å²) < 4.78 is 10.2. The average molecular weight is 420 g/mol. The highest BCUT2D eigenvalue weighted by atomic mass is 16.6. The van der Waals surface area contributed by atoms with Crippen molar-refractivity contribution in [3.05, 3.63) is 24.3 Å². The molecule has 0 aliphatic carbocycles. The van der Waals surface area contributed by atoms with Crippen molar-refractivity contribution in [2.75, 3.05) is 29.9 Å². The average Bonchev–Trinajstić information content (AvgIpc) is 2.67. The van der Waals surface area contributed by atoms with Crippen LogP contribution >= 0.6 is 0 Å². The normalized spacial score (nSPS) is 15.1. The van der Waals surface area contributed by atoms with Crippen LogP contribution in [0.25, 0.3) is 0 Å². The number of esters is 1. The second-order valence-corrected chi connectivity index (χ2v) is 8.39. The summed E-state index contributed by atoms with van der Waals surface area (Å²) in [5.74, 6) is -0.983. The van der Waals surface area contributed by atoms with E-state index in [0.29, 0.717) is 5.69 Å². The SMILES string of the molecule is C[C@H](OC(=O)CCNC(=O)OC(C)(C)C)C(=O)Nc1ccc(N2CCCCC2)cc1. The van der Waals surface area contributed by atoms with Gasteiger partial charge in [-0.15, -0.1) is 0 Å². The molecule has 1 aliphatic heterocycles. The number of piperidine rings is 1. The fourth-order valence-corrected chi connectivity index (χ4v) is 3.04. The zero-order chi connectivity index (χ0) is 22.1. The maximum absolute atomic E-state index is 12.3. The van der Waals surface area contributed by atoms with Gasteiger partial charge in [0.25, 0.3) is 5.91 Å². The number of anilines is 2. The van der Waals surface area contributed by atoms with E-state index >= 15 is 0 Å². The van der Waals surface area contributed by atoms with E-state index in [2.05, 4.69) is 15.5 Å². The number of amides is 2. The molecular formula is C22H33N3O5. The number of nitrogens with one attached hydrogen (secondary N) is 2. The van der Waals surface area contributed by atoms with Crippen LogP contribution in [-0.4, -0.2) is 49.3 Å². The highest BCUT2D eigenvalue weighted by molar-refractivity contribution is 5.95. The Morgan fingerprint density at radius 2 is 1.70 bits per heavy atom. The molecule has 0 spiro atoms. The van der Waals surface area contributed by atoms with Gasteiger partial charge >= 0.3 is 12.1 Å². The van der Waals surface area contributed by atoms with Crippen LogP contribution < -0.4 is 15.5 Å². The fourth-order valence-electron chi connectivity index (χ4n) is 3.04. The minimum atomic E-state index is -0.944. The molecule has 0 bridgehead atoms. The van der Waals surface area contributed by atoms with Gasteiger partial charge in [-0.2, -0.15) is 0 Å². The second-order valence-electron chi connectivity index (χ2n) is 8.39. The number of benzene rings is 1. The topological polar surface area (TPSA) is 97.0 Å². The Labute approximate surface area is 178 Å². The first kappa shape index (κ1) is 23.5. The molecule has 1 aromatic rings. The molecule has 8 heteroatoms. The van der Waals surface area contributed by atoms with Gasteiger partial charge in [-0.3, -0.25) is 9.59 Å². The van der Waals surface area contributed by atoms with Crippen molar-refractivity contribution in [2.24, 2.45) is 0 Å². The van der Waals surface area contributed by atoms with Crippen LogP contribution in [0.1, 0.15) is 53.4 Å². The zero-order valence-corrected chi connectivity index (χ0v) is 18.3. The number of carbonyl (C=O) groups excluding carboxylic acids is 3. The van der Waals surface area contributed by atoms with Gasteiger partial charge in [0.05, 0.1) is 6.42 Å². The summed E-state index contributed by atoms with van der Waals surface area (Å²) in [6, 6.07) is 7.67. The molecule has 166 valence electrons. The standard InChI is InChI=1S/C22H33N3O5/c1-16(29-19(26)12-13-23-21(28)30-22(2,3)4)20(27)24-17-8-10-18(11-9-17)25-14-6-5-7-15-25/h8-11,16H,5-7,12-15H2,1-4H3,(H,23,28)(H,24,27)/t16-/m0/s1. The van der Waals surface area contributed by atoms with Crippen molar-refractivity contribution >= 4 is 29.3 Å². The lowest BCUT2D eigenvalue weighted by Gasteiger charge is -2.28. The third-order valence-electron chi connectivity index (χ3n) is 4.53. The van der Waals surface area contributed by atoms with Gasteiger partial charge in [0.2, 0.25) is 0 Å². The van der Waals surface area contributed by atoms with Gasteiger partial charge in [-0.25, -0.2) is 4.79 Å². The molecule has 1 aliphatic rings. The summed E-state index contributed by atoms with van der Waals surface area (Å²) in [5, 5.41) is 5.23. The molecule has 1 atom stereocenters. The predicted molar refractivity (Wildman–Crippen MR) is 116 cm³/mol. The van der Waals surface area contributed by atoms with E-state index in [4.69, 9.17) is 9.47 Å². The van der Waals surface area contributed by atoms with Crippen molar-refractivity contribution in [2.45, 2.75) is 65.1 Å². The van der Waals surface area contributed by atoms with Gasteiger partial charge in [0.1, 0.15) is 5.60 Å². The van der Waals surface area contributed by atoms with Crippen LogP contribution in [0.5, 0.6) is 0 Å². The smallest absolute Gasteiger partial charge is 0.407 e. The van der Waals surface area contributed by atoms with Gasteiger partial charge in [-0.1, -0.05) is 0 Å². The maximum Gasteiger partial charge on any atom is 0.407 e. The number of carbonyl (C=O) groups is 3. The molecule has 1 aromatic carbocycles. The number of hydrogen-bond acceptors (Lipinski definition) is 6. The summed E-state index contributed by atoms with van der Waals surface area (Å²) in [6.07, 6.45) is 2.08. The molecule has 1 heterocycles. The summed E-state index contributed by atoms with van der Waals surface area (Å²) in [6.45, 7) is 8.95. The van der Waals surface area contributed by atoms with Gasteiger partial charge in [0, 0.05) is 31.0 Å². The first-order chi connectivity index (χ1) is 14.1. The first-order valence-electron chi connectivity index (χ1n) is 10.5. The maximum atomic E-state index is 12.3. The van der Waals surface area contributed by atoms with Crippen molar-refractivity contribution in [1.29, 1.82) is 0 Å². The Hall–Kier alpha value is -2.77. The molecule has 30 heavy (non-hydrogen) atoms. The number of hydrogen-bond donors (Lipinski definition) is 2. The van der Waals surface area contributed by atoms with Crippen molar-refractivity contribution in [3.8, 4) is 0 Å². The van der Waals surface area contributed by atoms with E-state index in [-0.39, 0.29) is 13.0 Å². The van der Waals surface area contributed by atoms with Gasteiger partial charge < -0.3 is 25.0 Å². The number of ether oxygens (including phenoxy) is 2. The molecule has 2 amide bonds. The lowest BCUT2D eigenvalue weighted by molar-refractivity contribution is -0.153. The molecule has 0 radical (unpaired) electrons. The molecule has 2 N–H and O–H groups in total. The quantitative estimate of drug-likeness (QED) is 0.657. The summed E-state index contributed by atoms with van der Waals surface area (Å²) in [4.78, 5) is 38.1. The van der Waals surface area contributed by atoms with E-state index in [1.54, 1.807) is 20.8 Å². The van der Waals surface area contributed by atoms with E-state index in [9.17, 15) is 14.4 Å². The summed E-state index contributed by atoms with van der Waals surface area (Å²) in [5.41, 5.74) is 1.18. The molecule has 0 aromatic heterocycles. The third kappa shape index (κ3) is 8.31. The largest absolute Gasteiger partial charge is 0.452 e.